The van der Waals surface area contributed by atoms with Crippen molar-refractivity contribution in [2.24, 2.45) is 0 Å². The van der Waals surface area contributed by atoms with E-state index < -0.39 is 9.83 Å². The molecule has 0 amide bonds. The normalized spacial score (nSPS) is 18.3. The van der Waals surface area contributed by atoms with Crippen LogP contribution in [-0.2, 0) is 6.42 Å². The highest BCUT2D eigenvalue weighted by Crippen LogP contribution is 2.56. The molecule has 0 aromatic heterocycles. The van der Waals surface area contributed by atoms with Crippen LogP contribution in [0.4, 0.5) is 0 Å². The van der Waals surface area contributed by atoms with Crippen LogP contribution < -0.4 is 18.9 Å². The van der Waals surface area contributed by atoms with Gasteiger partial charge in [0.15, 0.2) is 23.0 Å². The molecule has 0 N–H and O–H groups in total. The summed E-state index contributed by atoms with van der Waals surface area (Å²) in [5, 5.41) is 0. The Morgan fingerprint density at radius 2 is 1.91 bits per heavy atom. The van der Waals surface area contributed by atoms with Gasteiger partial charge in [-0.2, -0.15) is 0 Å². The molecule has 0 bridgehead atoms. The van der Waals surface area contributed by atoms with Gasteiger partial charge in [-0.15, -0.1) is 11.6 Å². The molecular formula is C24H23Cl4NO4. The molecule has 1 atom stereocenters. The minimum absolute atomic E-state index is 0.227. The van der Waals surface area contributed by atoms with Crippen molar-refractivity contribution >= 4 is 58.2 Å². The van der Waals surface area contributed by atoms with Crippen LogP contribution in [0, 0.1) is 0 Å². The highest BCUT2D eigenvalue weighted by atomic mass is 35.6. The molecule has 3 heterocycles. The SMILES string of the molecule is COc1ccc2c(c1OCCCCCl)C(C(Cl)(Cl)Cl)N1CCc3cc4c(cc3C1=C2)OCO4. The molecule has 5 rings (SSSR count). The number of ether oxygens (including phenoxy) is 4. The van der Waals surface area contributed by atoms with Crippen LogP contribution >= 0.6 is 46.4 Å². The standard InChI is InChI=1S/C24H23Cl4NO4/c1-30-18-5-4-15-10-17-16-12-20-19(32-13-33-20)11-14(16)6-8-29(17)23(24(26,27)28)21(15)22(18)31-9-3-2-7-25/h4-5,10-12,23H,2-3,6-9,13H2,1H3. The number of fused-ring (bicyclic) bond motifs is 5. The number of alkyl halides is 4. The molecule has 2 aromatic rings. The van der Waals surface area contributed by atoms with Gasteiger partial charge in [0.25, 0.3) is 0 Å². The highest BCUT2D eigenvalue weighted by molar-refractivity contribution is 6.68. The van der Waals surface area contributed by atoms with Crippen molar-refractivity contribution in [1.82, 2.24) is 4.90 Å². The number of nitrogens with zero attached hydrogens (tertiary/aromatic N) is 1. The number of halogens is 4. The van der Waals surface area contributed by atoms with E-state index in [9.17, 15) is 0 Å². The second-order valence-electron chi connectivity index (χ2n) is 8.12. The Kier molecular flexibility index (Phi) is 6.43. The quantitative estimate of drug-likeness (QED) is 0.310. The van der Waals surface area contributed by atoms with E-state index >= 15 is 0 Å². The number of methoxy groups -OCH3 is 1. The molecule has 33 heavy (non-hydrogen) atoms. The van der Waals surface area contributed by atoms with Gasteiger partial charge in [-0.25, -0.2) is 0 Å². The lowest BCUT2D eigenvalue weighted by Gasteiger charge is -2.45. The van der Waals surface area contributed by atoms with E-state index in [1.807, 2.05) is 18.2 Å². The number of unbranched alkanes of at least 4 members (excludes halogenated alkanes) is 1. The number of hydrogen-bond acceptors (Lipinski definition) is 5. The van der Waals surface area contributed by atoms with Crippen LogP contribution in [0.3, 0.4) is 0 Å². The maximum atomic E-state index is 6.64. The fourth-order valence-electron chi connectivity index (χ4n) is 4.70. The molecule has 2 aromatic carbocycles. The van der Waals surface area contributed by atoms with Gasteiger partial charge >= 0.3 is 0 Å². The van der Waals surface area contributed by atoms with Gasteiger partial charge in [-0.3, -0.25) is 0 Å². The summed E-state index contributed by atoms with van der Waals surface area (Å²) in [5.41, 5.74) is 4.95. The molecule has 3 aliphatic heterocycles. The molecule has 9 heteroatoms. The van der Waals surface area contributed by atoms with Crippen molar-refractivity contribution in [3.8, 4) is 23.0 Å². The minimum atomic E-state index is -1.61. The smallest absolute Gasteiger partial charge is 0.231 e. The fourth-order valence-corrected chi connectivity index (χ4v) is 5.57. The van der Waals surface area contributed by atoms with Crippen LogP contribution in [0.25, 0.3) is 11.8 Å². The average molecular weight is 531 g/mol. The molecule has 0 fully saturated rings. The van der Waals surface area contributed by atoms with Gasteiger partial charge in [0.1, 0.15) is 6.04 Å². The summed E-state index contributed by atoms with van der Waals surface area (Å²) in [6.45, 7) is 1.40. The Hall–Kier alpha value is -1.66. The van der Waals surface area contributed by atoms with Crippen LogP contribution in [0.15, 0.2) is 24.3 Å². The summed E-state index contributed by atoms with van der Waals surface area (Å²) in [6.07, 6.45) is 4.58. The molecule has 0 saturated carbocycles. The van der Waals surface area contributed by atoms with Gasteiger partial charge in [0.05, 0.1) is 13.7 Å². The van der Waals surface area contributed by atoms with Gasteiger partial charge < -0.3 is 23.8 Å². The van der Waals surface area contributed by atoms with Crippen molar-refractivity contribution in [2.75, 3.05) is 32.9 Å². The van der Waals surface area contributed by atoms with Crippen molar-refractivity contribution in [3.05, 3.63) is 46.5 Å². The van der Waals surface area contributed by atoms with E-state index in [4.69, 9.17) is 65.4 Å². The molecule has 3 aliphatic rings. The second-order valence-corrected chi connectivity index (χ2v) is 10.9. The second kappa shape index (κ2) is 9.18. The molecule has 0 saturated heterocycles. The largest absolute Gasteiger partial charge is 0.493 e. The van der Waals surface area contributed by atoms with E-state index in [1.165, 1.54) is 5.56 Å². The van der Waals surface area contributed by atoms with Crippen molar-refractivity contribution in [1.29, 1.82) is 0 Å². The molecular weight excluding hydrogens is 508 g/mol. The first kappa shape index (κ1) is 23.1. The summed E-state index contributed by atoms with van der Waals surface area (Å²) in [6, 6.07) is 7.38. The molecule has 176 valence electrons. The monoisotopic (exact) mass is 529 g/mol. The highest BCUT2D eigenvalue weighted by Gasteiger charge is 2.46. The van der Waals surface area contributed by atoms with E-state index in [0.29, 0.717) is 30.5 Å². The zero-order chi connectivity index (χ0) is 23.2. The molecule has 0 radical (unpaired) electrons. The molecule has 0 spiro atoms. The van der Waals surface area contributed by atoms with Crippen molar-refractivity contribution < 1.29 is 18.9 Å². The van der Waals surface area contributed by atoms with Crippen molar-refractivity contribution in [3.63, 3.8) is 0 Å². The van der Waals surface area contributed by atoms with Crippen molar-refractivity contribution in [2.45, 2.75) is 29.1 Å². The van der Waals surface area contributed by atoms with Crippen LogP contribution in [-0.4, -0.2) is 41.6 Å². The van der Waals surface area contributed by atoms with Gasteiger partial charge in [0.2, 0.25) is 10.6 Å². The summed E-state index contributed by atoms with van der Waals surface area (Å²) in [4.78, 5) is 2.14. The molecule has 1 unspecified atom stereocenters. The third kappa shape index (κ3) is 4.18. The lowest BCUT2D eigenvalue weighted by atomic mass is 9.86. The maximum Gasteiger partial charge on any atom is 0.231 e. The predicted molar refractivity (Wildman–Crippen MR) is 132 cm³/mol. The first-order valence-electron chi connectivity index (χ1n) is 10.8. The third-order valence-electron chi connectivity index (χ3n) is 6.18. The van der Waals surface area contributed by atoms with E-state index in [1.54, 1.807) is 7.11 Å². The Morgan fingerprint density at radius 1 is 1.12 bits per heavy atom. The average Bonchev–Trinajstić information content (AvgIpc) is 3.25. The summed E-state index contributed by atoms with van der Waals surface area (Å²) in [5.74, 6) is 3.30. The summed E-state index contributed by atoms with van der Waals surface area (Å²) < 4.78 is 21.4. The van der Waals surface area contributed by atoms with E-state index in [-0.39, 0.29) is 6.79 Å². The van der Waals surface area contributed by atoms with Crippen LogP contribution in [0.5, 0.6) is 23.0 Å². The third-order valence-corrected chi connectivity index (χ3v) is 7.07. The Balaban J connectivity index is 1.65. The van der Waals surface area contributed by atoms with Crippen LogP contribution in [0.2, 0.25) is 0 Å². The number of benzene rings is 2. The Bertz CT molecular complexity index is 1100. The Morgan fingerprint density at radius 3 is 2.64 bits per heavy atom. The van der Waals surface area contributed by atoms with Crippen LogP contribution in [0.1, 0.15) is 41.1 Å². The van der Waals surface area contributed by atoms with Gasteiger partial charge in [-0.05, 0) is 54.7 Å². The summed E-state index contributed by atoms with van der Waals surface area (Å²) in [7, 11) is 1.61. The maximum absolute atomic E-state index is 6.64. The first-order valence-corrected chi connectivity index (χ1v) is 12.5. The lowest BCUT2D eigenvalue weighted by Crippen LogP contribution is -2.41. The minimum Gasteiger partial charge on any atom is -0.493 e. The van der Waals surface area contributed by atoms with Gasteiger partial charge in [0, 0.05) is 29.2 Å². The van der Waals surface area contributed by atoms with Gasteiger partial charge in [-0.1, -0.05) is 40.9 Å². The topological polar surface area (TPSA) is 40.2 Å². The molecule has 0 aliphatic carbocycles. The molecule has 5 nitrogen and oxygen atoms in total. The number of hydrogen-bond donors (Lipinski definition) is 0. The lowest BCUT2D eigenvalue weighted by molar-refractivity contribution is 0.174. The predicted octanol–water partition coefficient (Wildman–Crippen LogP) is 6.60. The van der Waals surface area contributed by atoms with E-state index in [2.05, 4.69) is 17.0 Å². The fraction of sp³-hybridized carbons (Fsp3) is 0.417. The number of rotatable bonds is 6. The zero-order valence-corrected chi connectivity index (χ0v) is 21.0. The van der Waals surface area contributed by atoms with E-state index in [0.717, 1.165) is 53.1 Å². The Labute approximate surface area is 213 Å². The summed E-state index contributed by atoms with van der Waals surface area (Å²) >= 11 is 25.7. The zero-order valence-electron chi connectivity index (χ0n) is 18.0. The first-order chi connectivity index (χ1) is 15.9.